The molecule has 4 heteroatoms. The zero-order valence-electron chi connectivity index (χ0n) is 10.5. The van der Waals surface area contributed by atoms with E-state index in [1.54, 1.807) is 24.3 Å². The first-order chi connectivity index (χ1) is 8.02. The lowest BCUT2D eigenvalue weighted by Crippen LogP contribution is -2.24. The summed E-state index contributed by atoms with van der Waals surface area (Å²) in [5.74, 6) is 0.808. The molecule has 1 N–H and O–H groups in total. The van der Waals surface area contributed by atoms with Crippen LogP contribution in [0.15, 0.2) is 35.2 Å². The topological polar surface area (TPSA) is 46.2 Å². The number of hydrogen-bond acceptors (Lipinski definition) is 3. The molecule has 0 radical (unpaired) electrons. The lowest BCUT2D eigenvalue weighted by Gasteiger charge is -2.07. The van der Waals surface area contributed by atoms with Crippen LogP contribution in [-0.2, 0) is 9.84 Å². The molecular formula is C13H21NO2S. The molecule has 0 saturated carbocycles. The Bertz CT molecular complexity index is 412. The predicted octanol–water partition coefficient (Wildman–Crippen LogP) is 2.10. The van der Waals surface area contributed by atoms with Gasteiger partial charge in [-0.2, -0.15) is 0 Å². The second-order valence-electron chi connectivity index (χ2n) is 4.56. The minimum atomic E-state index is -3.12. The smallest absolute Gasteiger partial charge is 0.179 e. The van der Waals surface area contributed by atoms with Gasteiger partial charge in [-0.15, -0.1) is 0 Å². The van der Waals surface area contributed by atoms with Crippen molar-refractivity contribution in [3.63, 3.8) is 0 Å². The van der Waals surface area contributed by atoms with Gasteiger partial charge in [-0.05, 0) is 31.0 Å². The Morgan fingerprint density at radius 2 is 1.76 bits per heavy atom. The Hall–Kier alpha value is -0.870. The third-order valence-electron chi connectivity index (χ3n) is 2.55. The second kappa shape index (κ2) is 6.77. The highest BCUT2D eigenvalue weighted by Gasteiger charge is 2.12. The lowest BCUT2D eigenvalue weighted by atomic mass is 10.1. The van der Waals surface area contributed by atoms with E-state index in [9.17, 15) is 8.42 Å². The van der Waals surface area contributed by atoms with Crippen molar-refractivity contribution in [3.8, 4) is 0 Å². The van der Waals surface area contributed by atoms with E-state index < -0.39 is 9.84 Å². The summed E-state index contributed by atoms with van der Waals surface area (Å²) in [6.45, 7) is 5.71. The van der Waals surface area contributed by atoms with E-state index in [1.807, 2.05) is 6.07 Å². The molecule has 17 heavy (non-hydrogen) atoms. The maximum atomic E-state index is 11.9. The van der Waals surface area contributed by atoms with Crippen LogP contribution in [0, 0.1) is 5.92 Å². The minimum Gasteiger partial charge on any atom is -0.316 e. The monoisotopic (exact) mass is 255 g/mol. The van der Waals surface area contributed by atoms with E-state index in [0.29, 0.717) is 17.4 Å². The van der Waals surface area contributed by atoms with E-state index in [0.717, 1.165) is 13.0 Å². The molecule has 0 amide bonds. The molecular weight excluding hydrogens is 234 g/mol. The molecule has 0 aliphatic carbocycles. The van der Waals surface area contributed by atoms with Crippen LogP contribution in [0.5, 0.6) is 0 Å². The van der Waals surface area contributed by atoms with Crippen molar-refractivity contribution in [2.75, 3.05) is 18.8 Å². The molecule has 0 bridgehead atoms. The van der Waals surface area contributed by atoms with Crippen LogP contribution in [0.2, 0.25) is 0 Å². The summed E-state index contributed by atoms with van der Waals surface area (Å²) in [4.78, 5) is 0.408. The molecule has 0 spiro atoms. The highest BCUT2D eigenvalue weighted by molar-refractivity contribution is 7.91. The minimum absolute atomic E-state index is 0.162. The van der Waals surface area contributed by atoms with Crippen molar-refractivity contribution in [1.82, 2.24) is 5.32 Å². The number of hydrogen-bond donors (Lipinski definition) is 1. The fraction of sp³-hybridized carbons (Fsp3) is 0.538. The molecule has 1 aromatic rings. The van der Waals surface area contributed by atoms with E-state index in [-0.39, 0.29) is 5.75 Å². The first kappa shape index (κ1) is 14.2. The summed E-state index contributed by atoms with van der Waals surface area (Å²) in [7, 11) is -3.12. The summed E-state index contributed by atoms with van der Waals surface area (Å²) in [6.07, 6.45) is 1.07. The second-order valence-corrected chi connectivity index (χ2v) is 6.67. The molecule has 0 heterocycles. The molecule has 0 aliphatic rings. The average molecular weight is 255 g/mol. The first-order valence-corrected chi connectivity index (χ1v) is 7.66. The van der Waals surface area contributed by atoms with Gasteiger partial charge in [-0.1, -0.05) is 32.0 Å². The molecule has 0 saturated heterocycles. The Morgan fingerprint density at radius 1 is 1.12 bits per heavy atom. The summed E-state index contributed by atoms with van der Waals surface area (Å²) in [5, 5.41) is 3.16. The number of rotatable bonds is 7. The average Bonchev–Trinajstić information content (AvgIpc) is 2.29. The normalized spacial score (nSPS) is 11.9. The third-order valence-corrected chi connectivity index (χ3v) is 4.28. The Kier molecular flexibility index (Phi) is 5.65. The Morgan fingerprint density at radius 3 is 2.35 bits per heavy atom. The van der Waals surface area contributed by atoms with Crippen molar-refractivity contribution >= 4 is 9.84 Å². The van der Waals surface area contributed by atoms with Crippen molar-refractivity contribution in [3.05, 3.63) is 30.3 Å². The van der Waals surface area contributed by atoms with Gasteiger partial charge < -0.3 is 5.32 Å². The van der Waals surface area contributed by atoms with Gasteiger partial charge in [0.05, 0.1) is 10.6 Å². The number of nitrogens with one attached hydrogen (secondary N) is 1. The van der Waals surface area contributed by atoms with Crippen LogP contribution in [0.25, 0.3) is 0 Å². The Balaban J connectivity index is 2.36. The number of sulfone groups is 1. The molecule has 3 nitrogen and oxygen atoms in total. The van der Waals surface area contributed by atoms with Crippen molar-refractivity contribution in [2.45, 2.75) is 25.2 Å². The van der Waals surface area contributed by atoms with Crippen LogP contribution in [0.4, 0.5) is 0 Å². The van der Waals surface area contributed by atoms with Gasteiger partial charge in [-0.25, -0.2) is 8.42 Å². The summed E-state index contributed by atoms with van der Waals surface area (Å²) < 4.78 is 23.8. The van der Waals surface area contributed by atoms with E-state index in [4.69, 9.17) is 0 Å². The van der Waals surface area contributed by atoms with Crippen LogP contribution in [0.1, 0.15) is 20.3 Å². The van der Waals surface area contributed by atoms with E-state index in [2.05, 4.69) is 19.2 Å². The standard InChI is InChI=1S/C13H21NO2S/c1-12(2)8-9-14-10-11-17(15,16)13-6-4-3-5-7-13/h3-7,12,14H,8-11H2,1-2H3. The van der Waals surface area contributed by atoms with Crippen LogP contribution < -0.4 is 5.32 Å². The molecule has 0 aromatic heterocycles. The van der Waals surface area contributed by atoms with Gasteiger partial charge in [0.2, 0.25) is 0 Å². The van der Waals surface area contributed by atoms with Crippen molar-refractivity contribution in [1.29, 1.82) is 0 Å². The number of benzene rings is 1. The highest BCUT2D eigenvalue weighted by Crippen LogP contribution is 2.09. The van der Waals surface area contributed by atoms with Crippen LogP contribution in [0.3, 0.4) is 0 Å². The van der Waals surface area contributed by atoms with Gasteiger partial charge >= 0.3 is 0 Å². The first-order valence-electron chi connectivity index (χ1n) is 6.01. The molecule has 0 unspecified atom stereocenters. The third kappa shape index (κ3) is 5.33. The molecule has 1 aromatic carbocycles. The lowest BCUT2D eigenvalue weighted by molar-refractivity contribution is 0.543. The predicted molar refractivity (Wildman–Crippen MR) is 70.8 cm³/mol. The summed E-state index contributed by atoms with van der Waals surface area (Å²) in [5.41, 5.74) is 0. The van der Waals surface area contributed by atoms with Crippen LogP contribution in [-0.4, -0.2) is 27.3 Å². The molecule has 0 fully saturated rings. The quantitative estimate of drug-likeness (QED) is 0.759. The van der Waals surface area contributed by atoms with E-state index >= 15 is 0 Å². The SMILES string of the molecule is CC(C)CCNCCS(=O)(=O)c1ccccc1. The molecule has 96 valence electrons. The van der Waals surface area contributed by atoms with Gasteiger partial charge in [0.25, 0.3) is 0 Å². The zero-order chi connectivity index (χ0) is 12.7. The largest absolute Gasteiger partial charge is 0.316 e. The molecule has 1 rings (SSSR count). The van der Waals surface area contributed by atoms with Gasteiger partial charge in [0.1, 0.15) is 0 Å². The van der Waals surface area contributed by atoms with Gasteiger partial charge in [-0.3, -0.25) is 0 Å². The fourth-order valence-electron chi connectivity index (χ4n) is 1.47. The van der Waals surface area contributed by atoms with Crippen molar-refractivity contribution < 1.29 is 8.42 Å². The van der Waals surface area contributed by atoms with Crippen LogP contribution >= 0.6 is 0 Å². The highest BCUT2D eigenvalue weighted by atomic mass is 32.2. The molecule has 0 atom stereocenters. The van der Waals surface area contributed by atoms with E-state index in [1.165, 1.54) is 0 Å². The summed E-state index contributed by atoms with van der Waals surface area (Å²) in [6, 6.07) is 8.60. The summed E-state index contributed by atoms with van der Waals surface area (Å²) >= 11 is 0. The Labute approximate surface area is 104 Å². The maximum Gasteiger partial charge on any atom is 0.179 e. The fourth-order valence-corrected chi connectivity index (χ4v) is 2.69. The van der Waals surface area contributed by atoms with Gasteiger partial charge in [0, 0.05) is 6.54 Å². The van der Waals surface area contributed by atoms with Crippen molar-refractivity contribution in [2.24, 2.45) is 5.92 Å². The zero-order valence-corrected chi connectivity index (χ0v) is 11.3. The molecule has 0 aliphatic heterocycles. The van der Waals surface area contributed by atoms with Gasteiger partial charge in [0.15, 0.2) is 9.84 Å². The maximum absolute atomic E-state index is 11.9.